The third kappa shape index (κ3) is 8.40. The van der Waals surface area contributed by atoms with Gasteiger partial charge in [-0.3, -0.25) is 5.32 Å². The number of hydrogen-bond acceptors (Lipinski definition) is 6. The fourth-order valence-corrected chi connectivity index (χ4v) is 6.03. The first-order valence-electron chi connectivity index (χ1n) is 15.1. The van der Waals surface area contributed by atoms with Crippen molar-refractivity contribution >= 4 is 23.3 Å². The van der Waals surface area contributed by atoms with Crippen LogP contribution in [0.3, 0.4) is 0 Å². The second kappa shape index (κ2) is 13.7. The van der Waals surface area contributed by atoms with Gasteiger partial charge in [0.1, 0.15) is 5.82 Å². The molecule has 1 saturated carbocycles. The molecule has 43 heavy (non-hydrogen) atoms. The SMILES string of the molecule is CC(C)OC(=O)Nc1cccc(-c2ccnc(N[C@@H]3CCCC[C@H]3N[C@H]3CCCN(c4ccc(C(F)(F)F)cc4)C3)c2)c1. The largest absolute Gasteiger partial charge is 0.447 e. The van der Waals surface area contributed by atoms with E-state index in [1.54, 1.807) is 32.2 Å². The number of carbonyl (C=O) groups excluding carboxylic acids is 1. The summed E-state index contributed by atoms with van der Waals surface area (Å²) in [7, 11) is 0. The van der Waals surface area contributed by atoms with Gasteiger partial charge in [0.15, 0.2) is 0 Å². The van der Waals surface area contributed by atoms with Gasteiger partial charge in [-0.05, 0) is 99.2 Å². The third-order valence-electron chi connectivity index (χ3n) is 8.08. The van der Waals surface area contributed by atoms with E-state index in [9.17, 15) is 18.0 Å². The van der Waals surface area contributed by atoms with Crippen LogP contribution in [0, 0.1) is 0 Å². The second-order valence-corrected chi connectivity index (χ2v) is 11.7. The summed E-state index contributed by atoms with van der Waals surface area (Å²) in [5.74, 6) is 0.795. The Kier molecular flexibility index (Phi) is 9.75. The van der Waals surface area contributed by atoms with Crippen molar-refractivity contribution in [2.45, 2.75) is 82.8 Å². The maximum Gasteiger partial charge on any atom is 0.416 e. The van der Waals surface area contributed by atoms with E-state index in [-0.39, 0.29) is 24.2 Å². The smallest absolute Gasteiger partial charge is 0.416 e. The van der Waals surface area contributed by atoms with Crippen LogP contribution in [0.2, 0.25) is 0 Å². The average Bonchev–Trinajstić information content (AvgIpc) is 2.98. The molecule has 0 bridgehead atoms. The number of nitrogens with one attached hydrogen (secondary N) is 3. The number of amides is 1. The molecular weight excluding hydrogens is 555 g/mol. The first kappa shape index (κ1) is 30.7. The quantitative estimate of drug-likeness (QED) is 0.248. The molecule has 0 unspecified atom stereocenters. The Morgan fingerprint density at radius 2 is 1.70 bits per heavy atom. The van der Waals surface area contributed by atoms with Crippen molar-refractivity contribution in [1.29, 1.82) is 0 Å². The zero-order chi connectivity index (χ0) is 30.4. The van der Waals surface area contributed by atoms with Gasteiger partial charge in [-0.2, -0.15) is 13.2 Å². The van der Waals surface area contributed by atoms with Gasteiger partial charge in [0.05, 0.1) is 11.7 Å². The molecule has 230 valence electrons. The lowest BCUT2D eigenvalue weighted by Crippen LogP contribution is -2.55. The van der Waals surface area contributed by atoms with Crippen molar-refractivity contribution in [3.8, 4) is 11.1 Å². The van der Waals surface area contributed by atoms with E-state index < -0.39 is 17.8 Å². The zero-order valence-electron chi connectivity index (χ0n) is 24.7. The van der Waals surface area contributed by atoms with Gasteiger partial charge in [0.25, 0.3) is 0 Å². The Morgan fingerprint density at radius 3 is 2.44 bits per heavy atom. The fraction of sp³-hybridized carbons (Fsp3) is 0.455. The van der Waals surface area contributed by atoms with Crippen molar-refractivity contribution in [2.24, 2.45) is 0 Å². The van der Waals surface area contributed by atoms with E-state index in [2.05, 4.69) is 25.8 Å². The monoisotopic (exact) mass is 595 g/mol. The van der Waals surface area contributed by atoms with Crippen molar-refractivity contribution < 1.29 is 22.7 Å². The predicted molar refractivity (Wildman–Crippen MR) is 164 cm³/mol. The maximum atomic E-state index is 13.0. The van der Waals surface area contributed by atoms with Crippen LogP contribution in [-0.4, -0.2) is 48.4 Å². The van der Waals surface area contributed by atoms with Crippen LogP contribution in [0.25, 0.3) is 11.1 Å². The number of benzene rings is 2. The molecule has 2 aliphatic rings. The molecule has 1 saturated heterocycles. The third-order valence-corrected chi connectivity index (χ3v) is 8.08. The molecule has 2 fully saturated rings. The summed E-state index contributed by atoms with van der Waals surface area (Å²) in [4.78, 5) is 18.8. The lowest BCUT2D eigenvalue weighted by Gasteiger charge is -2.40. The minimum Gasteiger partial charge on any atom is -0.447 e. The summed E-state index contributed by atoms with van der Waals surface area (Å²) >= 11 is 0. The highest BCUT2D eigenvalue weighted by Crippen LogP contribution is 2.32. The minimum absolute atomic E-state index is 0.203. The second-order valence-electron chi connectivity index (χ2n) is 11.7. The van der Waals surface area contributed by atoms with Gasteiger partial charge in [0, 0.05) is 48.8 Å². The van der Waals surface area contributed by atoms with Gasteiger partial charge in [-0.25, -0.2) is 9.78 Å². The average molecular weight is 596 g/mol. The Morgan fingerprint density at radius 1 is 0.953 bits per heavy atom. The van der Waals surface area contributed by atoms with Crippen LogP contribution < -0.4 is 20.9 Å². The standard InChI is InChI=1S/C33H40F3N5O2/c1-22(2)43-32(42)39-26-8-5-7-23(19-26)24-16-17-37-31(20-24)40-30-11-4-3-10-29(30)38-27-9-6-18-41(21-27)28-14-12-25(13-15-28)33(34,35)36/h5,7-8,12-17,19-20,22,27,29-30,38H,3-4,6,9-11,18,21H2,1-2H3,(H,37,40)(H,39,42)/t27-,29+,30+/m0/s1. The number of nitrogens with zero attached hydrogens (tertiary/aromatic N) is 2. The summed E-state index contributed by atoms with van der Waals surface area (Å²) in [5, 5.41) is 10.3. The molecule has 3 N–H and O–H groups in total. The number of alkyl halides is 3. The Bertz CT molecular complexity index is 1370. The number of halogens is 3. The first-order chi connectivity index (χ1) is 20.6. The van der Waals surface area contributed by atoms with Crippen LogP contribution in [0.5, 0.6) is 0 Å². The Labute approximate surface area is 251 Å². The van der Waals surface area contributed by atoms with Crippen LogP contribution in [0.4, 0.5) is 35.2 Å². The molecular formula is C33H40F3N5O2. The molecule has 2 aromatic carbocycles. The van der Waals surface area contributed by atoms with Crippen LogP contribution in [0.1, 0.15) is 57.9 Å². The number of aromatic nitrogens is 1. The van der Waals surface area contributed by atoms with E-state index >= 15 is 0 Å². The van der Waals surface area contributed by atoms with E-state index in [0.29, 0.717) is 5.69 Å². The fourth-order valence-electron chi connectivity index (χ4n) is 6.03. The molecule has 10 heteroatoms. The summed E-state index contributed by atoms with van der Waals surface area (Å²) in [6.07, 6.45) is 3.15. The van der Waals surface area contributed by atoms with Gasteiger partial charge in [0.2, 0.25) is 0 Å². The van der Waals surface area contributed by atoms with E-state index in [4.69, 9.17) is 4.74 Å². The summed E-state index contributed by atoms with van der Waals surface area (Å²) in [6, 6.07) is 17.8. The highest BCUT2D eigenvalue weighted by molar-refractivity contribution is 5.86. The Balaban J connectivity index is 1.22. The minimum atomic E-state index is -4.33. The first-order valence-corrected chi connectivity index (χ1v) is 15.1. The van der Waals surface area contributed by atoms with Crippen molar-refractivity contribution in [1.82, 2.24) is 10.3 Å². The maximum absolute atomic E-state index is 13.0. The van der Waals surface area contributed by atoms with E-state index in [1.165, 1.54) is 12.1 Å². The number of anilines is 3. The molecule has 1 aromatic heterocycles. The number of rotatable bonds is 8. The normalized spacial score (nSPS) is 21.0. The highest BCUT2D eigenvalue weighted by Gasteiger charge is 2.32. The molecule has 5 rings (SSSR count). The van der Waals surface area contributed by atoms with Crippen LogP contribution in [0.15, 0.2) is 66.9 Å². The van der Waals surface area contributed by atoms with Crippen LogP contribution >= 0.6 is 0 Å². The lowest BCUT2D eigenvalue weighted by molar-refractivity contribution is -0.137. The van der Waals surface area contributed by atoms with Gasteiger partial charge in [-0.15, -0.1) is 0 Å². The molecule has 0 spiro atoms. The summed E-state index contributed by atoms with van der Waals surface area (Å²) in [6.45, 7) is 5.21. The molecule has 3 aromatic rings. The van der Waals surface area contributed by atoms with Gasteiger partial charge in [-0.1, -0.05) is 25.0 Å². The number of pyridine rings is 1. The predicted octanol–water partition coefficient (Wildman–Crippen LogP) is 7.71. The number of piperidine rings is 1. The Hall–Kier alpha value is -3.79. The number of carbonyl (C=O) groups is 1. The molecule has 0 radical (unpaired) electrons. The molecule has 1 aliphatic heterocycles. The van der Waals surface area contributed by atoms with Crippen LogP contribution in [-0.2, 0) is 10.9 Å². The van der Waals surface area contributed by atoms with Crippen molar-refractivity contribution in [2.75, 3.05) is 28.6 Å². The summed E-state index contributed by atoms with van der Waals surface area (Å²) < 4.78 is 44.3. The number of ether oxygens (including phenoxy) is 1. The van der Waals surface area contributed by atoms with Crippen molar-refractivity contribution in [3.05, 3.63) is 72.4 Å². The molecule has 1 amide bonds. The molecule has 2 heterocycles. The van der Waals surface area contributed by atoms with Gasteiger partial charge < -0.3 is 20.3 Å². The highest BCUT2D eigenvalue weighted by atomic mass is 19.4. The molecule has 3 atom stereocenters. The van der Waals surface area contributed by atoms with E-state index in [1.807, 2.05) is 36.4 Å². The van der Waals surface area contributed by atoms with E-state index in [0.717, 1.165) is 74.2 Å². The zero-order valence-corrected chi connectivity index (χ0v) is 24.7. The lowest BCUT2D eigenvalue weighted by atomic mass is 9.89. The molecule has 1 aliphatic carbocycles. The van der Waals surface area contributed by atoms with Crippen molar-refractivity contribution in [3.63, 3.8) is 0 Å². The topological polar surface area (TPSA) is 78.5 Å². The molecule has 7 nitrogen and oxygen atoms in total. The van der Waals surface area contributed by atoms with Gasteiger partial charge >= 0.3 is 12.3 Å². The summed E-state index contributed by atoms with van der Waals surface area (Å²) in [5.41, 5.74) is 2.81. The number of hydrogen-bond donors (Lipinski definition) is 3.